The quantitative estimate of drug-likeness (QED) is 0.0261. The zero-order chi connectivity index (χ0) is 52.9. The van der Waals surface area contributed by atoms with Gasteiger partial charge in [0.1, 0.15) is 13.2 Å². The third kappa shape index (κ3) is 59.1. The summed E-state index contributed by atoms with van der Waals surface area (Å²) in [5.74, 6) is -0.924. The fraction of sp³-hybridized carbons (Fsp3) is 0.716. The monoisotopic (exact) mass is 1010 g/mol. The fourth-order valence-electron chi connectivity index (χ4n) is 8.49. The van der Waals surface area contributed by atoms with Crippen LogP contribution in [-0.4, -0.2) is 37.2 Å². The summed E-state index contributed by atoms with van der Waals surface area (Å²) in [5.41, 5.74) is 0. The SMILES string of the molecule is CC/C=C\C/C=C\C/C=C\C/C=C\CCCCCCCCCCCCCCCCCCCCC(=O)OCC(COC(=O)CCCCCCC/C=C\CCCC)OC(=O)CCCCC/C=C\C/C=C\C/C=C\CC. The van der Waals surface area contributed by atoms with E-state index in [4.69, 9.17) is 14.2 Å². The first kappa shape index (κ1) is 69.3. The molecule has 0 aromatic heterocycles. The van der Waals surface area contributed by atoms with Crippen molar-refractivity contribution in [2.75, 3.05) is 13.2 Å². The Balaban J connectivity index is 4.12. The van der Waals surface area contributed by atoms with Gasteiger partial charge in [0, 0.05) is 19.3 Å². The van der Waals surface area contributed by atoms with Crippen molar-refractivity contribution in [1.29, 1.82) is 0 Å². The van der Waals surface area contributed by atoms with Gasteiger partial charge in [-0.15, -0.1) is 0 Å². The van der Waals surface area contributed by atoms with Gasteiger partial charge in [-0.25, -0.2) is 0 Å². The molecule has 418 valence electrons. The Bertz CT molecular complexity index is 1440. The van der Waals surface area contributed by atoms with Crippen LogP contribution in [-0.2, 0) is 28.6 Å². The summed E-state index contributed by atoms with van der Waals surface area (Å²) < 4.78 is 16.8. The predicted octanol–water partition coefficient (Wildman–Crippen LogP) is 20.9. The highest BCUT2D eigenvalue weighted by Gasteiger charge is 2.19. The Hall–Kier alpha value is -3.67. The molecule has 0 fully saturated rings. The van der Waals surface area contributed by atoms with Crippen LogP contribution in [0, 0.1) is 0 Å². The van der Waals surface area contributed by atoms with E-state index in [1.54, 1.807) is 0 Å². The Morgan fingerprint density at radius 3 is 0.863 bits per heavy atom. The number of unbranched alkanes of at least 4 members (excludes halogenated alkanes) is 28. The number of allylic oxidation sites excluding steroid dienone is 16. The summed E-state index contributed by atoms with van der Waals surface area (Å²) >= 11 is 0. The molecule has 0 radical (unpaired) electrons. The molecule has 0 heterocycles. The second-order valence-corrected chi connectivity index (χ2v) is 20.2. The van der Waals surface area contributed by atoms with E-state index in [0.29, 0.717) is 19.3 Å². The van der Waals surface area contributed by atoms with Gasteiger partial charge in [-0.05, 0) is 109 Å². The normalized spacial score (nSPS) is 12.8. The van der Waals surface area contributed by atoms with Gasteiger partial charge in [-0.2, -0.15) is 0 Å². The maximum atomic E-state index is 12.8. The van der Waals surface area contributed by atoms with Crippen LogP contribution < -0.4 is 0 Å². The lowest BCUT2D eigenvalue weighted by Gasteiger charge is -2.18. The maximum Gasteiger partial charge on any atom is 0.306 e. The smallest absolute Gasteiger partial charge is 0.306 e. The molecular formula is C67H114O6. The molecule has 6 nitrogen and oxygen atoms in total. The van der Waals surface area contributed by atoms with Crippen LogP contribution in [0.2, 0.25) is 0 Å². The lowest BCUT2D eigenvalue weighted by atomic mass is 10.0. The Morgan fingerprint density at radius 1 is 0.288 bits per heavy atom. The van der Waals surface area contributed by atoms with E-state index in [1.165, 1.54) is 135 Å². The highest BCUT2D eigenvalue weighted by molar-refractivity contribution is 5.71. The van der Waals surface area contributed by atoms with Gasteiger partial charge in [0.2, 0.25) is 0 Å². The van der Waals surface area contributed by atoms with Gasteiger partial charge in [-0.3, -0.25) is 14.4 Å². The van der Waals surface area contributed by atoms with E-state index in [1.807, 2.05) is 0 Å². The molecule has 0 N–H and O–H groups in total. The van der Waals surface area contributed by atoms with E-state index in [9.17, 15) is 14.4 Å². The first-order valence-electron chi connectivity index (χ1n) is 30.7. The van der Waals surface area contributed by atoms with Crippen molar-refractivity contribution in [3.8, 4) is 0 Å². The largest absolute Gasteiger partial charge is 0.462 e. The van der Waals surface area contributed by atoms with Gasteiger partial charge >= 0.3 is 17.9 Å². The maximum absolute atomic E-state index is 12.8. The number of carbonyl (C=O) groups excluding carboxylic acids is 3. The van der Waals surface area contributed by atoms with Crippen molar-refractivity contribution in [3.05, 3.63) is 97.2 Å². The van der Waals surface area contributed by atoms with Crippen LogP contribution in [0.5, 0.6) is 0 Å². The molecule has 0 aromatic rings. The third-order valence-electron chi connectivity index (χ3n) is 13.1. The van der Waals surface area contributed by atoms with Crippen LogP contribution in [0.3, 0.4) is 0 Å². The van der Waals surface area contributed by atoms with E-state index in [2.05, 4.69) is 118 Å². The van der Waals surface area contributed by atoms with Gasteiger partial charge in [0.15, 0.2) is 6.10 Å². The molecule has 0 aliphatic carbocycles. The summed E-state index contributed by atoms with van der Waals surface area (Å²) in [6.45, 7) is 6.35. The molecule has 0 aliphatic rings. The second kappa shape index (κ2) is 60.9. The summed E-state index contributed by atoms with van der Waals surface area (Å²) in [6, 6.07) is 0. The van der Waals surface area contributed by atoms with Crippen LogP contribution in [0.1, 0.15) is 290 Å². The first-order chi connectivity index (χ1) is 36.0. The molecule has 0 aromatic carbocycles. The summed E-state index contributed by atoms with van der Waals surface area (Å²) in [4.78, 5) is 38.1. The standard InChI is InChI=1S/C67H114O6/c1-4-7-10-13-16-19-22-24-25-26-27-28-29-30-31-32-33-34-35-36-37-38-39-40-41-43-45-48-51-54-57-60-66(69)72-63-64(62-71-65(68)59-56-53-50-47-44-21-18-15-12-9-6-3)73-67(70)61-58-55-52-49-46-42-23-20-17-14-11-8-5-2/h7-8,10-11,15-20,24-25,27-28,42,46,64H,4-6,9,12-14,21-23,26,29-41,43-45,47-63H2,1-3H3/b10-7-,11-8-,18-15-,19-16-,20-17-,25-24-,28-27-,46-42-. The minimum absolute atomic E-state index is 0.0898. The average Bonchev–Trinajstić information content (AvgIpc) is 3.39. The van der Waals surface area contributed by atoms with Gasteiger partial charge in [-0.1, -0.05) is 259 Å². The van der Waals surface area contributed by atoms with Gasteiger partial charge in [0.25, 0.3) is 0 Å². The summed E-state index contributed by atoms with van der Waals surface area (Å²) in [6.07, 6.45) is 81.5. The molecule has 0 spiro atoms. The Morgan fingerprint density at radius 2 is 0.534 bits per heavy atom. The fourth-order valence-corrected chi connectivity index (χ4v) is 8.49. The van der Waals surface area contributed by atoms with E-state index in [-0.39, 0.29) is 31.1 Å². The van der Waals surface area contributed by atoms with Gasteiger partial charge in [0.05, 0.1) is 0 Å². The van der Waals surface area contributed by atoms with Crippen molar-refractivity contribution in [2.45, 2.75) is 297 Å². The highest BCUT2D eigenvalue weighted by Crippen LogP contribution is 2.16. The molecule has 0 saturated heterocycles. The van der Waals surface area contributed by atoms with Crippen molar-refractivity contribution in [3.63, 3.8) is 0 Å². The lowest BCUT2D eigenvalue weighted by Crippen LogP contribution is -2.30. The molecule has 0 aliphatic heterocycles. The molecule has 6 heteroatoms. The highest BCUT2D eigenvalue weighted by atomic mass is 16.6. The number of ether oxygens (including phenoxy) is 3. The lowest BCUT2D eigenvalue weighted by molar-refractivity contribution is -0.167. The summed E-state index contributed by atoms with van der Waals surface area (Å²) in [5, 5.41) is 0. The molecule has 0 rings (SSSR count). The molecule has 0 amide bonds. The molecule has 1 unspecified atom stereocenters. The van der Waals surface area contributed by atoms with Crippen molar-refractivity contribution < 1.29 is 28.6 Å². The van der Waals surface area contributed by atoms with Crippen molar-refractivity contribution >= 4 is 17.9 Å². The predicted molar refractivity (Wildman–Crippen MR) is 316 cm³/mol. The number of rotatable bonds is 55. The number of hydrogen-bond acceptors (Lipinski definition) is 6. The molecule has 73 heavy (non-hydrogen) atoms. The zero-order valence-electron chi connectivity index (χ0n) is 47.9. The van der Waals surface area contributed by atoms with Gasteiger partial charge < -0.3 is 14.2 Å². The number of carbonyl (C=O) groups is 3. The molecule has 0 saturated carbocycles. The van der Waals surface area contributed by atoms with E-state index in [0.717, 1.165) is 116 Å². The van der Waals surface area contributed by atoms with Crippen molar-refractivity contribution in [1.82, 2.24) is 0 Å². The van der Waals surface area contributed by atoms with Crippen LogP contribution >= 0.6 is 0 Å². The van der Waals surface area contributed by atoms with E-state index < -0.39 is 6.10 Å². The number of hydrogen-bond donors (Lipinski definition) is 0. The topological polar surface area (TPSA) is 78.9 Å². The number of esters is 3. The van der Waals surface area contributed by atoms with Crippen LogP contribution in [0.25, 0.3) is 0 Å². The minimum atomic E-state index is -0.794. The van der Waals surface area contributed by atoms with Crippen LogP contribution in [0.15, 0.2) is 97.2 Å². The minimum Gasteiger partial charge on any atom is -0.462 e. The second-order valence-electron chi connectivity index (χ2n) is 20.2. The Labute approximate surface area is 451 Å². The summed E-state index contributed by atoms with van der Waals surface area (Å²) in [7, 11) is 0. The molecule has 1 atom stereocenters. The average molecular weight is 1020 g/mol. The van der Waals surface area contributed by atoms with Crippen molar-refractivity contribution in [2.24, 2.45) is 0 Å². The van der Waals surface area contributed by atoms with E-state index >= 15 is 0 Å². The molecular weight excluding hydrogens is 901 g/mol. The zero-order valence-corrected chi connectivity index (χ0v) is 47.9. The Kier molecular flexibility index (Phi) is 57.8. The van der Waals surface area contributed by atoms with Crippen LogP contribution in [0.4, 0.5) is 0 Å². The third-order valence-corrected chi connectivity index (χ3v) is 13.1. The first-order valence-corrected chi connectivity index (χ1v) is 30.7. The molecule has 0 bridgehead atoms.